The van der Waals surface area contributed by atoms with Gasteiger partial charge in [-0.3, -0.25) is 0 Å². The quantitative estimate of drug-likeness (QED) is 0.499. The van der Waals surface area contributed by atoms with Gasteiger partial charge in [-0.25, -0.2) is 4.79 Å². The zero-order chi connectivity index (χ0) is 11.3. The molecule has 1 aromatic carbocycles. The van der Waals surface area contributed by atoms with Gasteiger partial charge < -0.3 is 14.7 Å². The Kier molecular flexibility index (Phi) is 5.95. The molecule has 0 fully saturated rings. The molecule has 0 radical (unpaired) electrons. The molecule has 88 valence electrons. The van der Waals surface area contributed by atoms with Gasteiger partial charge in [-0.15, -0.1) is 12.4 Å². The molecule has 0 spiro atoms. The molecule has 0 saturated heterocycles. The first kappa shape index (κ1) is 14.2. The van der Waals surface area contributed by atoms with E-state index in [0.717, 1.165) is 0 Å². The molecule has 16 heavy (non-hydrogen) atoms. The number of ether oxygens (including phenoxy) is 1. The summed E-state index contributed by atoms with van der Waals surface area (Å²) in [6, 6.07) is 4.46. The molecule has 1 rings (SSSR count). The Hall–Kier alpha value is -1.75. The fraction of sp³-hybridized carbons (Fsp3) is 0.200. The fourth-order valence-electron chi connectivity index (χ4n) is 1.02. The molecule has 0 aliphatic heterocycles. The zero-order valence-electron chi connectivity index (χ0n) is 8.84. The Morgan fingerprint density at radius 2 is 2.12 bits per heavy atom. The lowest BCUT2D eigenvalue weighted by Gasteiger charge is -2.02. The van der Waals surface area contributed by atoms with Gasteiger partial charge in [0, 0.05) is 0 Å². The fourth-order valence-corrected chi connectivity index (χ4v) is 1.02. The highest BCUT2D eigenvalue weighted by Crippen LogP contribution is 2.18. The minimum absolute atomic E-state index is 0. The molecule has 0 unspecified atom stereocenters. The Morgan fingerprint density at radius 1 is 1.44 bits per heavy atom. The summed E-state index contributed by atoms with van der Waals surface area (Å²) in [7, 11) is 2.66. The number of benzene rings is 1. The maximum atomic E-state index is 11.2. The number of nitrogens with zero attached hydrogens (tertiary/aromatic N) is 1. The second kappa shape index (κ2) is 6.68. The van der Waals surface area contributed by atoms with E-state index in [-0.39, 0.29) is 23.7 Å². The molecule has 0 atom stereocenters. The van der Waals surface area contributed by atoms with Gasteiger partial charge in [0.1, 0.15) is 18.4 Å². The summed E-state index contributed by atoms with van der Waals surface area (Å²) < 4.78 is 4.50. The van der Waals surface area contributed by atoms with Crippen LogP contribution < -0.4 is 0 Å². The van der Waals surface area contributed by atoms with E-state index in [9.17, 15) is 9.90 Å². The van der Waals surface area contributed by atoms with Crippen LogP contribution in [0.15, 0.2) is 23.4 Å². The van der Waals surface area contributed by atoms with Crippen molar-refractivity contribution in [2.45, 2.75) is 0 Å². The summed E-state index contributed by atoms with van der Waals surface area (Å²) in [6.07, 6.45) is 1.42. The smallest absolute Gasteiger partial charge is 0.341 e. The number of halogens is 1. The van der Waals surface area contributed by atoms with Crippen molar-refractivity contribution in [2.24, 2.45) is 5.16 Å². The molecule has 5 nitrogen and oxygen atoms in total. The predicted octanol–water partition coefficient (Wildman–Crippen LogP) is 1.58. The van der Waals surface area contributed by atoms with Crippen molar-refractivity contribution in [1.82, 2.24) is 0 Å². The Morgan fingerprint density at radius 3 is 2.69 bits per heavy atom. The van der Waals surface area contributed by atoms with Crippen molar-refractivity contribution >= 4 is 24.6 Å². The van der Waals surface area contributed by atoms with Crippen molar-refractivity contribution < 1.29 is 19.5 Å². The van der Waals surface area contributed by atoms with E-state index >= 15 is 0 Å². The average molecular weight is 246 g/mol. The normalized spacial score (nSPS) is 9.62. The van der Waals surface area contributed by atoms with Crippen molar-refractivity contribution in [1.29, 1.82) is 0 Å². The molecule has 0 saturated carbocycles. The zero-order valence-corrected chi connectivity index (χ0v) is 9.65. The molecule has 1 N–H and O–H groups in total. The number of carbonyl (C=O) groups excluding carboxylic acids is 1. The number of hydrogen-bond acceptors (Lipinski definition) is 5. The van der Waals surface area contributed by atoms with E-state index in [2.05, 4.69) is 14.7 Å². The van der Waals surface area contributed by atoms with Crippen LogP contribution in [0.25, 0.3) is 0 Å². The minimum atomic E-state index is -0.597. The van der Waals surface area contributed by atoms with Crippen LogP contribution in [0, 0.1) is 0 Å². The lowest BCUT2D eigenvalue weighted by Crippen LogP contribution is -2.02. The van der Waals surface area contributed by atoms with Gasteiger partial charge in [0.15, 0.2) is 0 Å². The number of hydrogen-bond donors (Lipinski definition) is 1. The van der Waals surface area contributed by atoms with E-state index in [1.165, 1.54) is 32.6 Å². The molecule has 0 aliphatic carbocycles. The monoisotopic (exact) mass is 245 g/mol. The van der Waals surface area contributed by atoms with Crippen LogP contribution in [0.4, 0.5) is 0 Å². The van der Waals surface area contributed by atoms with Crippen molar-refractivity contribution in [3.05, 3.63) is 29.3 Å². The SMILES string of the molecule is CON=Cc1ccc(O)c(C(=O)OC)c1.Cl. The van der Waals surface area contributed by atoms with Crippen molar-refractivity contribution in [2.75, 3.05) is 14.2 Å². The van der Waals surface area contributed by atoms with E-state index in [0.29, 0.717) is 5.56 Å². The second-order valence-corrected chi connectivity index (χ2v) is 2.69. The van der Waals surface area contributed by atoms with Crippen LogP contribution in [0.5, 0.6) is 5.75 Å². The summed E-state index contributed by atoms with van der Waals surface area (Å²) in [5.41, 5.74) is 0.729. The van der Waals surface area contributed by atoms with E-state index in [1.54, 1.807) is 6.07 Å². The van der Waals surface area contributed by atoms with Gasteiger partial charge in [-0.1, -0.05) is 5.16 Å². The van der Waals surface area contributed by atoms with Crippen molar-refractivity contribution in [3.63, 3.8) is 0 Å². The maximum Gasteiger partial charge on any atom is 0.341 e. The molecule has 0 bridgehead atoms. The molecular formula is C10H12ClNO4. The van der Waals surface area contributed by atoms with Gasteiger partial charge in [-0.2, -0.15) is 0 Å². The number of carbonyl (C=O) groups is 1. The van der Waals surface area contributed by atoms with Crippen LogP contribution in [0.2, 0.25) is 0 Å². The van der Waals surface area contributed by atoms with E-state index in [4.69, 9.17) is 0 Å². The van der Waals surface area contributed by atoms with E-state index < -0.39 is 5.97 Å². The number of phenolic OH excluding ortho intramolecular Hbond substituents is 1. The third kappa shape index (κ3) is 3.43. The first-order chi connectivity index (χ1) is 7.19. The summed E-state index contributed by atoms with van der Waals surface area (Å²) in [5.74, 6) is -0.725. The molecule has 6 heteroatoms. The Labute approximate surface area is 99.1 Å². The molecule has 0 heterocycles. The third-order valence-electron chi connectivity index (χ3n) is 1.73. The van der Waals surface area contributed by atoms with Gasteiger partial charge in [0.25, 0.3) is 0 Å². The Bertz CT molecular complexity index is 392. The van der Waals surface area contributed by atoms with Crippen LogP contribution >= 0.6 is 12.4 Å². The van der Waals surface area contributed by atoms with Crippen LogP contribution in [-0.2, 0) is 9.57 Å². The summed E-state index contributed by atoms with van der Waals surface area (Å²) in [4.78, 5) is 15.7. The molecule has 0 amide bonds. The highest BCUT2D eigenvalue weighted by molar-refractivity contribution is 5.94. The molecule has 0 aromatic heterocycles. The second-order valence-electron chi connectivity index (χ2n) is 2.69. The topological polar surface area (TPSA) is 68.1 Å². The first-order valence-corrected chi connectivity index (χ1v) is 4.17. The van der Waals surface area contributed by atoms with Gasteiger partial charge in [-0.05, 0) is 23.8 Å². The first-order valence-electron chi connectivity index (χ1n) is 4.17. The Balaban J connectivity index is 0.00000225. The molecular weight excluding hydrogens is 234 g/mol. The number of methoxy groups -OCH3 is 1. The number of phenols is 1. The van der Waals surface area contributed by atoms with E-state index in [1.807, 2.05) is 0 Å². The third-order valence-corrected chi connectivity index (χ3v) is 1.73. The van der Waals surface area contributed by atoms with Gasteiger partial charge in [0.2, 0.25) is 0 Å². The highest BCUT2D eigenvalue weighted by Gasteiger charge is 2.11. The summed E-state index contributed by atoms with van der Waals surface area (Å²) in [5, 5.41) is 12.9. The summed E-state index contributed by atoms with van der Waals surface area (Å²) in [6.45, 7) is 0. The predicted molar refractivity (Wildman–Crippen MR) is 61.3 cm³/mol. The minimum Gasteiger partial charge on any atom is -0.507 e. The standard InChI is InChI=1S/C10H11NO4.ClH/c1-14-10(13)8-5-7(6-11-15-2)3-4-9(8)12;/h3-6,12H,1-2H3;1H. The number of aromatic hydroxyl groups is 1. The van der Waals surface area contributed by atoms with Gasteiger partial charge in [0.05, 0.1) is 13.3 Å². The number of esters is 1. The maximum absolute atomic E-state index is 11.2. The lowest BCUT2D eigenvalue weighted by atomic mass is 10.1. The highest BCUT2D eigenvalue weighted by atomic mass is 35.5. The number of rotatable bonds is 3. The summed E-state index contributed by atoms with van der Waals surface area (Å²) >= 11 is 0. The molecule has 1 aromatic rings. The molecule has 0 aliphatic rings. The van der Waals surface area contributed by atoms with Gasteiger partial charge >= 0.3 is 5.97 Å². The largest absolute Gasteiger partial charge is 0.507 e. The average Bonchev–Trinajstić information content (AvgIpc) is 2.27. The number of oxime groups is 1. The van der Waals surface area contributed by atoms with Crippen LogP contribution in [0.3, 0.4) is 0 Å². The van der Waals surface area contributed by atoms with Crippen LogP contribution in [-0.4, -0.2) is 31.5 Å². The van der Waals surface area contributed by atoms with Crippen LogP contribution in [0.1, 0.15) is 15.9 Å². The lowest BCUT2D eigenvalue weighted by molar-refractivity contribution is 0.0597. The van der Waals surface area contributed by atoms with Crippen molar-refractivity contribution in [3.8, 4) is 5.75 Å².